The minimum atomic E-state index is -0.259. The van der Waals surface area contributed by atoms with Crippen LogP contribution in [-0.4, -0.2) is 20.1 Å². The molecule has 0 aliphatic carbocycles. The average molecular weight is 1290 g/mol. The van der Waals surface area contributed by atoms with Crippen LogP contribution >= 0.6 is 22.7 Å². The molecule has 0 spiro atoms. The zero-order chi connectivity index (χ0) is 65.9. The highest BCUT2D eigenvalue weighted by atomic mass is 32.1. The van der Waals surface area contributed by atoms with E-state index in [1.165, 1.54) is 153 Å². The van der Waals surface area contributed by atoms with Crippen LogP contribution in [0.2, 0.25) is 0 Å². The molecule has 6 aliphatic heterocycles. The van der Waals surface area contributed by atoms with Crippen molar-refractivity contribution in [3.8, 4) is 67.9 Å². The Morgan fingerprint density at radius 3 is 1.15 bits per heavy atom. The summed E-state index contributed by atoms with van der Waals surface area (Å²) in [5, 5.41) is 0. The quantitative estimate of drug-likeness (QED) is 0.155. The van der Waals surface area contributed by atoms with Crippen LogP contribution in [0.5, 0.6) is 34.5 Å². The van der Waals surface area contributed by atoms with Gasteiger partial charge in [0.25, 0.3) is 20.1 Å². The smallest absolute Gasteiger partial charge is 0.277 e. The van der Waals surface area contributed by atoms with Gasteiger partial charge >= 0.3 is 0 Å². The number of nitrogens with zero attached hydrogens (tertiary/aromatic N) is 3. The molecule has 0 amide bonds. The van der Waals surface area contributed by atoms with Crippen LogP contribution < -0.4 is 75.3 Å². The highest BCUT2D eigenvalue weighted by molar-refractivity contribution is 7.44. The Hall–Kier alpha value is -10.2. The highest BCUT2D eigenvalue weighted by Gasteiger charge is 2.55. The number of rotatable bonds is 6. The number of hydrogen-bond acceptors (Lipinski definition) is 8. The van der Waals surface area contributed by atoms with E-state index in [1.54, 1.807) is 0 Å². The summed E-state index contributed by atoms with van der Waals surface area (Å²) in [5.74, 6) is 5.22. The van der Waals surface area contributed by atoms with Gasteiger partial charge in [0.2, 0.25) is 0 Å². The number of aryl methyl sites for hydroxylation is 12. The van der Waals surface area contributed by atoms with Crippen molar-refractivity contribution in [2.75, 3.05) is 14.7 Å². The largest absolute Gasteiger partial charge is 0.458 e. The van der Waals surface area contributed by atoms with Crippen LogP contribution in [-0.2, 0) is 0 Å². The fraction of sp³-hybridized carbons (Fsp3) is 0.140. The van der Waals surface area contributed by atoms with Crippen LogP contribution in [0.4, 0.5) is 51.2 Å². The molecule has 0 saturated carbocycles. The molecule has 11 heteroatoms. The SMILES string of the molecule is Cc1cc(C)c(N2c3cc(-c4c(C)cccc4C)cc4c3B(c3sc5c(c32)Oc2cc(-c3c(C)cccc3C)cc3c2B5c2ccccc2O3)c2sc3c(c2N4c2c(C)cc(C)cc2C)N(c2ccccc2)c2cc(-c4c(C)cccc4C)cc4c2B3c2ccccc2O4)c(C)c1. The Balaban J connectivity index is 0.991. The molecule has 0 unspecified atom stereocenters. The molecule has 0 radical (unpaired) electrons. The molecule has 6 aliphatic rings. The third-order valence-electron chi connectivity index (χ3n) is 21.6. The third kappa shape index (κ3) is 8.28. The van der Waals surface area contributed by atoms with Crippen LogP contribution in [0.15, 0.2) is 194 Å². The van der Waals surface area contributed by atoms with Gasteiger partial charge in [0, 0.05) is 47.3 Å². The Morgan fingerprint density at radius 2 is 0.649 bits per heavy atom. The summed E-state index contributed by atoms with van der Waals surface area (Å²) in [6, 6.07) is 72.8. The van der Waals surface area contributed by atoms with E-state index in [9.17, 15) is 0 Å². The minimum Gasteiger partial charge on any atom is -0.458 e. The molecular weight excluding hydrogens is 1220 g/mol. The first kappa shape index (κ1) is 58.2. The first-order valence-electron chi connectivity index (χ1n) is 34.0. The van der Waals surface area contributed by atoms with E-state index >= 15 is 0 Å². The normalized spacial score (nSPS) is 13.7. The number of fused-ring (bicyclic) bond motifs is 14. The standard InChI is InChI=1S/C86H68B3N3O3S2/c1-45-35-53(9)77(54(10)36-45)91-63-39-57(71-47(3)23-20-24-48(71)4)40-64-74(63)89(84-80(91)79-83(96-84)87-61-31-16-18-33-66(61)93-68-42-58(72-49(5)25-21-26-50(72)6)41-65(75(68)87)90(79)60-29-14-13-15-30-60)85-81(92(64)78-55(11)37-46(2)38-56(78)12)82-86(97-85)88-62-32-17-19-34-67(62)94-69-43-59(44-70(95-82)76(69)88)73-51(7)27-22-28-52(73)8/h13-44H,1-12H3. The van der Waals surface area contributed by atoms with Crippen molar-refractivity contribution in [1.29, 1.82) is 0 Å². The summed E-state index contributed by atoms with van der Waals surface area (Å²) in [7, 11) is 0. The topological polar surface area (TPSA) is 37.4 Å². The fourth-order valence-electron chi connectivity index (χ4n) is 18.1. The second kappa shape index (κ2) is 21.2. The zero-order valence-corrected chi connectivity index (χ0v) is 58.2. The molecule has 0 bridgehead atoms. The van der Waals surface area contributed by atoms with Crippen molar-refractivity contribution in [2.24, 2.45) is 0 Å². The summed E-state index contributed by atoms with van der Waals surface area (Å²) in [4.78, 5) is 8.04. The molecule has 0 atom stereocenters. The lowest BCUT2D eigenvalue weighted by Gasteiger charge is -2.45. The van der Waals surface area contributed by atoms with Gasteiger partial charge in [-0.2, -0.15) is 22.7 Å². The molecule has 2 aromatic heterocycles. The lowest BCUT2D eigenvalue weighted by atomic mass is 9.36. The molecule has 466 valence electrons. The van der Waals surface area contributed by atoms with Crippen molar-refractivity contribution < 1.29 is 14.2 Å². The Bertz CT molecular complexity index is 5560. The molecule has 0 N–H and O–H groups in total. The van der Waals surface area contributed by atoms with Gasteiger partial charge in [0.15, 0.2) is 5.75 Å². The first-order valence-corrected chi connectivity index (χ1v) is 35.6. The molecule has 0 saturated heterocycles. The fourth-order valence-corrected chi connectivity index (χ4v) is 21.2. The predicted molar refractivity (Wildman–Crippen MR) is 413 cm³/mol. The molecule has 11 aromatic carbocycles. The number of para-hydroxylation sites is 3. The Labute approximate surface area is 577 Å². The monoisotopic (exact) mass is 1290 g/mol. The van der Waals surface area contributed by atoms with E-state index in [-0.39, 0.29) is 20.1 Å². The van der Waals surface area contributed by atoms with Crippen molar-refractivity contribution in [3.63, 3.8) is 0 Å². The summed E-state index contributed by atoms with van der Waals surface area (Å²) < 4.78 is 27.5. The average Bonchev–Trinajstić information content (AvgIpc) is 1.57. The number of hydrogen-bond donors (Lipinski definition) is 0. The number of ether oxygens (including phenoxy) is 3. The van der Waals surface area contributed by atoms with Gasteiger partial charge in [0.05, 0.1) is 28.4 Å². The van der Waals surface area contributed by atoms with Gasteiger partial charge in [-0.3, -0.25) is 0 Å². The molecule has 13 aromatic rings. The molecule has 19 rings (SSSR count). The van der Waals surface area contributed by atoms with Gasteiger partial charge in [-0.05, 0) is 255 Å². The van der Waals surface area contributed by atoms with Crippen LogP contribution in [0.25, 0.3) is 33.4 Å². The summed E-state index contributed by atoms with van der Waals surface area (Å²) in [5.41, 5.74) is 37.9. The minimum absolute atomic E-state index is 0.169. The zero-order valence-electron chi connectivity index (χ0n) is 56.6. The summed E-state index contributed by atoms with van der Waals surface area (Å²) >= 11 is 3.95. The van der Waals surface area contributed by atoms with Crippen LogP contribution in [0.3, 0.4) is 0 Å². The lowest BCUT2D eigenvalue weighted by molar-refractivity contribution is 0.466. The second-order valence-electron chi connectivity index (χ2n) is 28.1. The third-order valence-corrected chi connectivity index (χ3v) is 24.2. The molecule has 8 heterocycles. The van der Waals surface area contributed by atoms with Gasteiger partial charge < -0.3 is 28.9 Å². The molecule has 0 fully saturated rings. The summed E-state index contributed by atoms with van der Waals surface area (Å²) in [6.45, 7) is 26.7. The summed E-state index contributed by atoms with van der Waals surface area (Å²) in [6.07, 6.45) is 0. The maximum atomic E-state index is 8.02. The molecule has 97 heavy (non-hydrogen) atoms. The first-order chi connectivity index (χ1) is 47.1. The van der Waals surface area contributed by atoms with Gasteiger partial charge in [-0.1, -0.05) is 145 Å². The number of anilines is 9. The molecule has 6 nitrogen and oxygen atoms in total. The van der Waals surface area contributed by atoms with E-state index < -0.39 is 0 Å². The van der Waals surface area contributed by atoms with Gasteiger partial charge in [-0.15, -0.1) is 0 Å². The number of thiophene rings is 2. The van der Waals surface area contributed by atoms with Crippen molar-refractivity contribution in [2.45, 2.75) is 83.1 Å². The Kier molecular flexibility index (Phi) is 12.7. The maximum Gasteiger partial charge on any atom is 0.277 e. The lowest BCUT2D eigenvalue weighted by Crippen LogP contribution is -2.60. The van der Waals surface area contributed by atoms with E-state index in [4.69, 9.17) is 14.2 Å². The predicted octanol–water partition coefficient (Wildman–Crippen LogP) is 17.7. The Morgan fingerprint density at radius 1 is 0.278 bits per heavy atom. The number of benzene rings is 11. The highest BCUT2D eigenvalue weighted by Crippen LogP contribution is 2.58. The van der Waals surface area contributed by atoms with Crippen LogP contribution in [0.1, 0.15) is 66.8 Å². The van der Waals surface area contributed by atoms with Crippen molar-refractivity contribution in [3.05, 3.63) is 261 Å². The molecular formula is C86H68B3N3O3S2. The van der Waals surface area contributed by atoms with Gasteiger partial charge in [-0.25, -0.2) is 0 Å². The van der Waals surface area contributed by atoms with Crippen molar-refractivity contribution in [1.82, 2.24) is 0 Å². The van der Waals surface area contributed by atoms with Gasteiger partial charge in [0.1, 0.15) is 28.7 Å². The van der Waals surface area contributed by atoms with E-state index in [0.717, 1.165) is 79.3 Å². The van der Waals surface area contributed by atoms with E-state index in [0.29, 0.717) is 0 Å². The van der Waals surface area contributed by atoms with E-state index in [1.807, 2.05) is 22.7 Å². The van der Waals surface area contributed by atoms with E-state index in [2.05, 4.69) is 292 Å². The maximum absolute atomic E-state index is 8.02. The van der Waals surface area contributed by atoms with Crippen molar-refractivity contribution >= 4 is 140 Å². The van der Waals surface area contributed by atoms with Crippen LogP contribution in [0, 0.1) is 83.1 Å². The second-order valence-corrected chi connectivity index (χ2v) is 30.2.